The van der Waals surface area contributed by atoms with Crippen LogP contribution in [0.25, 0.3) is 0 Å². The number of hydrogen-bond acceptors (Lipinski definition) is 3. The number of hydrazone groups is 1. The van der Waals surface area contributed by atoms with Crippen molar-refractivity contribution in [2.45, 2.75) is 6.92 Å². The topological polar surface area (TPSA) is 41.5 Å². The molecule has 3 nitrogen and oxygen atoms in total. The van der Waals surface area contributed by atoms with Crippen LogP contribution in [0.15, 0.2) is 41.5 Å². The minimum Gasteiger partial charge on any atom is -0.267 e. The Kier molecular flexibility index (Phi) is 4.58. The van der Waals surface area contributed by atoms with E-state index < -0.39 is 0 Å². The zero-order valence-electron chi connectivity index (χ0n) is 9.98. The molecule has 0 saturated carbocycles. The van der Waals surface area contributed by atoms with Gasteiger partial charge in [0.05, 0.1) is 25.5 Å². The standard InChI is InChI=1S/C13H10Cl2N2OS/c1-8(11-6-7-12(15)19-11)16-17-13(18)9-4-2-3-5-10(9)14/h2-7H,1H3,(H,17,18). The Morgan fingerprint density at radius 3 is 2.58 bits per heavy atom. The SMILES string of the molecule is CC(=NNC(=O)c1ccccc1Cl)c1ccc(Cl)s1. The first-order valence-corrected chi connectivity index (χ1v) is 7.00. The Bertz CT molecular complexity index is 637. The van der Waals surface area contributed by atoms with E-state index in [1.165, 1.54) is 11.3 Å². The summed E-state index contributed by atoms with van der Waals surface area (Å²) in [7, 11) is 0. The fraction of sp³-hybridized carbons (Fsp3) is 0.0769. The molecule has 0 fully saturated rings. The maximum absolute atomic E-state index is 11.9. The molecule has 0 unspecified atom stereocenters. The van der Waals surface area contributed by atoms with Gasteiger partial charge in [0.25, 0.3) is 5.91 Å². The molecule has 1 N–H and O–H groups in total. The van der Waals surface area contributed by atoms with Gasteiger partial charge in [-0.05, 0) is 31.2 Å². The predicted molar refractivity (Wildman–Crippen MR) is 80.5 cm³/mol. The number of thiophene rings is 1. The molecule has 0 spiro atoms. The normalized spacial score (nSPS) is 11.4. The molecule has 19 heavy (non-hydrogen) atoms. The minimum atomic E-state index is -0.340. The molecule has 0 bridgehead atoms. The van der Waals surface area contributed by atoms with Crippen molar-refractivity contribution in [2.75, 3.05) is 0 Å². The first-order chi connectivity index (χ1) is 9.08. The molecule has 2 rings (SSSR count). The third kappa shape index (κ3) is 3.56. The molecular weight excluding hydrogens is 303 g/mol. The lowest BCUT2D eigenvalue weighted by Crippen LogP contribution is -2.19. The molecule has 1 aromatic carbocycles. The molecule has 0 aliphatic rings. The van der Waals surface area contributed by atoms with Gasteiger partial charge in [-0.2, -0.15) is 5.10 Å². The second-order valence-corrected chi connectivity index (χ2v) is 5.84. The van der Waals surface area contributed by atoms with E-state index in [0.29, 0.717) is 20.6 Å². The summed E-state index contributed by atoms with van der Waals surface area (Å²) in [5.74, 6) is -0.340. The molecule has 1 amide bonds. The molecule has 1 heterocycles. The van der Waals surface area contributed by atoms with E-state index in [1.54, 1.807) is 37.3 Å². The Labute approximate surface area is 124 Å². The van der Waals surface area contributed by atoms with Crippen LogP contribution in [0.4, 0.5) is 0 Å². The lowest BCUT2D eigenvalue weighted by molar-refractivity contribution is 0.0955. The summed E-state index contributed by atoms with van der Waals surface area (Å²) >= 11 is 13.2. The number of carbonyl (C=O) groups excluding carboxylic acids is 1. The van der Waals surface area contributed by atoms with Gasteiger partial charge in [0, 0.05) is 0 Å². The summed E-state index contributed by atoms with van der Waals surface area (Å²) in [6.45, 7) is 1.80. The van der Waals surface area contributed by atoms with Crippen molar-refractivity contribution in [3.8, 4) is 0 Å². The summed E-state index contributed by atoms with van der Waals surface area (Å²) in [6.07, 6.45) is 0. The molecule has 2 aromatic rings. The number of nitrogens with one attached hydrogen (secondary N) is 1. The van der Waals surface area contributed by atoms with E-state index >= 15 is 0 Å². The summed E-state index contributed by atoms with van der Waals surface area (Å²) in [5.41, 5.74) is 3.56. The van der Waals surface area contributed by atoms with E-state index in [-0.39, 0.29) is 5.91 Å². The predicted octanol–water partition coefficient (Wildman–Crippen LogP) is 4.21. The highest BCUT2D eigenvalue weighted by Crippen LogP contribution is 2.22. The second kappa shape index (κ2) is 6.19. The summed E-state index contributed by atoms with van der Waals surface area (Å²) < 4.78 is 0.682. The summed E-state index contributed by atoms with van der Waals surface area (Å²) in [5, 5.41) is 4.43. The molecule has 0 aliphatic heterocycles. The summed E-state index contributed by atoms with van der Waals surface area (Å²) in [6, 6.07) is 10.5. The zero-order chi connectivity index (χ0) is 13.8. The zero-order valence-corrected chi connectivity index (χ0v) is 12.3. The van der Waals surface area contributed by atoms with E-state index in [1.807, 2.05) is 6.07 Å². The number of amides is 1. The number of halogens is 2. The number of benzene rings is 1. The maximum Gasteiger partial charge on any atom is 0.272 e. The van der Waals surface area contributed by atoms with Crippen LogP contribution < -0.4 is 5.43 Å². The van der Waals surface area contributed by atoms with E-state index in [4.69, 9.17) is 23.2 Å². The Balaban J connectivity index is 2.10. The van der Waals surface area contributed by atoms with Crippen LogP contribution in [0.5, 0.6) is 0 Å². The van der Waals surface area contributed by atoms with Crippen molar-refractivity contribution in [3.63, 3.8) is 0 Å². The van der Waals surface area contributed by atoms with Gasteiger partial charge in [-0.3, -0.25) is 4.79 Å². The number of nitrogens with zero attached hydrogens (tertiary/aromatic N) is 1. The second-order valence-electron chi connectivity index (χ2n) is 3.72. The molecule has 98 valence electrons. The van der Waals surface area contributed by atoms with Crippen LogP contribution in [0.2, 0.25) is 9.36 Å². The highest BCUT2D eigenvalue weighted by atomic mass is 35.5. The van der Waals surface area contributed by atoms with Gasteiger partial charge in [-0.15, -0.1) is 11.3 Å². The van der Waals surface area contributed by atoms with Crippen molar-refractivity contribution in [1.29, 1.82) is 0 Å². The molecule has 1 aromatic heterocycles. The quantitative estimate of drug-likeness (QED) is 0.669. The van der Waals surface area contributed by atoms with Crippen molar-refractivity contribution in [2.24, 2.45) is 5.10 Å². The smallest absolute Gasteiger partial charge is 0.267 e. The van der Waals surface area contributed by atoms with E-state index in [0.717, 1.165) is 4.88 Å². The van der Waals surface area contributed by atoms with Crippen molar-refractivity contribution >= 4 is 46.2 Å². The van der Waals surface area contributed by atoms with Gasteiger partial charge in [-0.1, -0.05) is 35.3 Å². The highest BCUT2D eigenvalue weighted by molar-refractivity contribution is 7.18. The van der Waals surface area contributed by atoms with Crippen LogP contribution in [0.3, 0.4) is 0 Å². The summed E-state index contributed by atoms with van der Waals surface area (Å²) in [4.78, 5) is 12.8. The number of carbonyl (C=O) groups is 1. The van der Waals surface area contributed by atoms with Crippen LogP contribution in [0.1, 0.15) is 22.2 Å². The van der Waals surface area contributed by atoms with Gasteiger partial charge >= 0.3 is 0 Å². The third-order valence-electron chi connectivity index (χ3n) is 2.37. The average Bonchev–Trinajstić information content (AvgIpc) is 2.83. The molecule has 0 aliphatic carbocycles. The minimum absolute atomic E-state index is 0.340. The number of rotatable bonds is 3. The lowest BCUT2D eigenvalue weighted by atomic mass is 10.2. The Morgan fingerprint density at radius 1 is 1.21 bits per heavy atom. The average molecular weight is 313 g/mol. The fourth-order valence-corrected chi connectivity index (χ4v) is 2.61. The van der Waals surface area contributed by atoms with Crippen LogP contribution in [-0.2, 0) is 0 Å². The maximum atomic E-state index is 11.9. The molecule has 6 heteroatoms. The van der Waals surface area contributed by atoms with Crippen LogP contribution >= 0.6 is 34.5 Å². The number of hydrogen-bond donors (Lipinski definition) is 1. The molecule has 0 radical (unpaired) electrons. The van der Waals surface area contributed by atoms with Gasteiger partial charge in [0.1, 0.15) is 0 Å². The van der Waals surface area contributed by atoms with Gasteiger partial charge in [0.15, 0.2) is 0 Å². The fourth-order valence-electron chi connectivity index (χ4n) is 1.40. The first kappa shape index (κ1) is 14.1. The van der Waals surface area contributed by atoms with Gasteiger partial charge in [0.2, 0.25) is 0 Å². The van der Waals surface area contributed by atoms with Crippen molar-refractivity contribution in [3.05, 3.63) is 56.2 Å². The third-order valence-corrected chi connectivity index (χ3v) is 4.04. The molecule has 0 atom stereocenters. The van der Waals surface area contributed by atoms with Crippen LogP contribution in [0, 0.1) is 0 Å². The lowest BCUT2D eigenvalue weighted by Gasteiger charge is -2.03. The highest BCUT2D eigenvalue weighted by Gasteiger charge is 2.09. The van der Waals surface area contributed by atoms with Gasteiger partial charge in [-0.25, -0.2) is 5.43 Å². The monoisotopic (exact) mass is 312 g/mol. The van der Waals surface area contributed by atoms with Gasteiger partial charge < -0.3 is 0 Å². The largest absolute Gasteiger partial charge is 0.272 e. The first-order valence-electron chi connectivity index (χ1n) is 5.43. The van der Waals surface area contributed by atoms with Crippen molar-refractivity contribution < 1.29 is 4.79 Å². The van der Waals surface area contributed by atoms with E-state index in [2.05, 4.69) is 10.5 Å². The Morgan fingerprint density at radius 2 is 1.95 bits per heavy atom. The van der Waals surface area contributed by atoms with Crippen LogP contribution in [-0.4, -0.2) is 11.6 Å². The molecule has 0 saturated heterocycles. The van der Waals surface area contributed by atoms with E-state index in [9.17, 15) is 4.79 Å². The Hall–Kier alpha value is -1.36. The molecular formula is C13H10Cl2N2OS. The van der Waals surface area contributed by atoms with Crippen molar-refractivity contribution in [1.82, 2.24) is 5.43 Å².